The summed E-state index contributed by atoms with van der Waals surface area (Å²) in [4.78, 5) is 12.5. The number of nitrogens with one attached hydrogen (secondary N) is 1. The molecule has 3 N–H and O–H groups in total. The molecule has 2 aromatic carbocycles. The van der Waals surface area contributed by atoms with Crippen LogP contribution in [0.25, 0.3) is 16.9 Å². The number of benzene rings is 2. The first kappa shape index (κ1) is 23.0. The lowest BCUT2D eigenvalue weighted by Crippen LogP contribution is -2.44. The van der Waals surface area contributed by atoms with Crippen LogP contribution in [0.3, 0.4) is 0 Å². The Morgan fingerprint density at radius 2 is 1.94 bits per heavy atom. The molecule has 4 heterocycles. The van der Waals surface area contributed by atoms with Crippen LogP contribution in [0.1, 0.15) is 42.5 Å². The van der Waals surface area contributed by atoms with Crippen molar-refractivity contribution in [1.29, 1.82) is 0 Å². The van der Waals surface area contributed by atoms with E-state index in [-0.39, 0.29) is 5.82 Å². The van der Waals surface area contributed by atoms with E-state index in [1.165, 1.54) is 25.0 Å². The Morgan fingerprint density at radius 3 is 2.78 bits per heavy atom. The Bertz CT molecular complexity index is 1440. The number of aryl methyl sites for hydroxylation is 1. The largest absolute Gasteiger partial charge is 0.489 e. The van der Waals surface area contributed by atoms with Crippen LogP contribution >= 0.6 is 0 Å². The molecule has 0 amide bonds. The SMILES string of the molecule is Cc1cc2c(B(O)O)cccc2n1-c1nc(NCc2cccc(F)c2)c2c(n1)N1CCCCC1CC2. The molecule has 4 aromatic rings. The summed E-state index contributed by atoms with van der Waals surface area (Å²) in [6.45, 7) is 3.40. The molecule has 6 rings (SSSR count). The minimum Gasteiger partial charge on any atom is -0.423 e. The quantitative estimate of drug-likeness (QED) is 0.376. The Labute approximate surface area is 209 Å². The summed E-state index contributed by atoms with van der Waals surface area (Å²) in [5.41, 5.74) is 4.13. The summed E-state index contributed by atoms with van der Waals surface area (Å²) in [5.74, 6) is 2.02. The van der Waals surface area contributed by atoms with Crippen LogP contribution in [-0.2, 0) is 13.0 Å². The number of aromatic nitrogens is 3. The second-order valence-electron chi connectivity index (χ2n) is 9.81. The van der Waals surface area contributed by atoms with Gasteiger partial charge < -0.3 is 20.3 Å². The van der Waals surface area contributed by atoms with E-state index in [2.05, 4.69) is 10.2 Å². The van der Waals surface area contributed by atoms with Crippen LogP contribution in [0.2, 0.25) is 0 Å². The van der Waals surface area contributed by atoms with Gasteiger partial charge in [0.1, 0.15) is 17.5 Å². The van der Waals surface area contributed by atoms with Gasteiger partial charge in [0.05, 0.1) is 5.52 Å². The maximum absolute atomic E-state index is 13.8. The zero-order valence-corrected chi connectivity index (χ0v) is 20.3. The molecule has 1 atom stereocenters. The molecule has 36 heavy (non-hydrogen) atoms. The Hall–Kier alpha value is -3.43. The zero-order valence-electron chi connectivity index (χ0n) is 20.3. The molecule has 184 valence electrons. The topological polar surface area (TPSA) is 86.4 Å². The summed E-state index contributed by atoms with van der Waals surface area (Å²) in [6, 6.07) is 14.5. The fourth-order valence-corrected chi connectivity index (χ4v) is 5.77. The molecule has 0 radical (unpaired) electrons. The zero-order chi connectivity index (χ0) is 24.8. The van der Waals surface area contributed by atoms with Gasteiger partial charge in [-0.1, -0.05) is 24.3 Å². The number of piperidine rings is 1. The Balaban J connectivity index is 1.49. The lowest BCUT2D eigenvalue weighted by atomic mass is 9.78. The lowest BCUT2D eigenvalue weighted by molar-refractivity contribution is 0.419. The van der Waals surface area contributed by atoms with E-state index < -0.39 is 7.12 Å². The summed E-state index contributed by atoms with van der Waals surface area (Å²) in [5, 5.41) is 24.0. The minimum atomic E-state index is -1.56. The molecule has 0 spiro atoms. The van der Waals surface area contributed by atoms with Crippen molar-refractivity contribution in [2.75, 3.05) is 16.8 Å². The number of hydrogen-bond donors (Lipinski definition) is 3. The molecular formula is C27H29BFN5O2. The molecule has 2 aliphatic rings. The number of nitrogens with zero attached hydrogens (tertiary/aromatic N) is 4. The van der Waals surface area contributed by atoms with Gasteiger partial charge in [0.15, 0.2) is 0 Å². The van der Waals surface area contributed by atoms with E-state index in [1.54, 1.807) is 12.1 Å². The molecule has 0 bridgehead atoms. The molecule has 9 heteroatoms. The van der Waals surface area contributed by atoms with Gasteiger partial charge in [-0.2, -0.15) is 9.97 Å². The average Bonchev–Trinajstić information content (AvgIpc) is 3.22. The monoisotopic (exact) mass is 485 g/mol. The van der Waals surface area contributed by atoms with E-state index in [0.717, 1.165) is 65.2 Å². The van der Waals surface area contributed by atoms with Crippen LogP contribution in [0.4, 0.5) is 16.0 Å². The first-order valence-electron chi connectivity index (χ1n) is 12.6. The highest BCUT2D eigenvalue weighted by atomic mass is 19.1. The molecular weight excluding hydrogens is 456 g/mol. The Kier molecular flexibility index (Phi) is 5.89. The lowest BCUT2D eigenvalue weighted by Gasteiger charge is -2.41. The van der Waals surface area contributed by atoms with Crippen LogP contribution in [-0.4, -0.2) is 44.3 Å². The summed E-state index contributed by atoms with van der Waals surface area (Å²) in [6.07, 6.45) is 5.54. The highest BCUT2D eigenvalue weighted by molar-refractivity contribution is 6.61. The summed E-state index contributed by atoms with van der Waals surface area (Å²) < 4.78 is 15.8. The van der Waals surface area contributed by atoms with Crippen molar-refractivity contribution in [3.05, 3.63) is 71.2 Å². The van der Waals surface area contributed by atoms with Crippen molar-refractivity contribution in [2.45, 2.75) is 51.6 Å². The van der Waals surface area contributed by atoms with Crippen LogP contribution in [0.5, 0.6) is 0 Å². The summed E-state index contributed by atoms with van der Waals surface area (Å²) >= 11 is 0. The molecule has 2 aromatic heterocycles. The van der Waals surface area contributed by atoms with Crippen molar-refractivity contribution in [2.24, 2.45) is 0 Å². The van der Waals surface area contributed by atoms with Gasteiger partial charge in [0.2, 0.25) is 5.95 Å². The van der Waals surface area contributed by atoms with Gasteiger partial charge in [-0.15, -0.1) is 0 Å². The van der Waals surface area contributed by atoms with Crippen LogP contribution in [0, 0.1) is 12.7 Å². The highest BCUT2D eigenvalue weighted by Gasteiger charge is 2.32. The first-order valence-corrected chi connectivity index (χ1v) is 12.6. The molecule has 7 nitrogen and oxygen atoms in total. The third kappa shape index (κ3) is 4.02. The molecule has 1 saturated heterocycles. The molecule has 1 fully saturated rings. The van der Waals surface area contributed by atoms with Crippen molar-refractivity contribution in [3.8, 4) is 5.95 Å². The van der Waals surface area contributed by atoms with E-state index in [1.807, 2.05) is 35.8 Å². The standard InChI is InChI=1S/C27H29BFN5O2/c1-17-14-22-23(28(35)36)9-5-10-24(22)34(17)27-31-25(30-16-18-6-4-7-19(29)15-18)21-12-11-20-8-2-3-13-33(20)26(21)32-27/h4-7,9-10,14-15,20,35-36H,2-3,8,11-13,16H2,1H3,(H,30,31,32). The molecule has 0 saturated carbocycles. The third-order valence-corrected chi connectivity index (χ3v) is 7.49. The Morgan fingerprint density at radius 1 is 1.08 bits per heavy atom. The van der Waals surface area contributed by atoms with Crippen molar-refractivity contribution in [1.82, 2.24) is 14.5 Å². The van der Waals surface area contributed by atoms with Gasteiger partial charge >= 0.3 is 7.12 Å². The van der Waals surface area contributed by atoms with Gasteiger partial charge in [0.25, 0.3) is 0 Å². The van der Waals surface area contributed by atoms with Crippen molar-refractivity contribution >= 4 is 35.1 Å². The van der Waals surface area contributed by atoms with Crippen molar-refractivity contribution in [3.63, 3.8) is 0 Å². The van der Waals surface area contributed by atoms with Gasteiger partial charge in [-0.25, -0.2) is 4.39 Å². The smallest absolute Gasteiger partial charge is 0.423 e. The predicted molar refractivity (Wildman–Crippen MR) is 140 cm³/mol. The second-order valence-corrected chi connectivity index (χ2v) is 9.81. The molecule has 2 aliphatic heterocycles. The first-order chi connectivity index (χ1) is 17.5. The molecule has 1 unspecified atom stereocenters. The van der Waals surface area contributed by atoms with Gasteiger partial charge in [-0.05, 0) is 74.3 Å². The number of rotatable bonds is 5. The van der Waals surface area contributed by atoms with Gasteiger partial charge in [0, 0.05) is 35.8 Å². The average molecular weight is 485 g/mol. The normalized spacial score (nSPS) is 17.1. The maximum Gasteiger partial charge on any atom is 0.489 e. The molecule has 0 aliphatic carbocycles. The number of halogens is 1. The predicted octanol–water partition coefficient (Wildman–Crippen LogP) is 3.47. The number of anilines is 2. The number of fused-ring (bicyclic) bond motifs is 4. The third-order valence-electron chi connectivity index (χ3n) is 7.49. The minimum absolute atomic E-state index is 0.257. The van der Waals surface area contributed by atoms with Crippen molar-refractivity contribution < 1.29 is 14.4 Å². The highest BCUT2D eigenvalue weighted by Crippen LogP contribution is 2.38. The van der Waals surface area contributed by atoms with Gasteiger partial charge in [-0.3, -0.25) is 4.57 Å². The number of hydrogen-bond acceptors (Lipinski definition) is 6. The van der Waals surface area contributed by atoms with Crippen LogP contribution < -0.4 is 15.7 Å². The van der Waals surface area contributed by atoms with E-state index in [9.17, 15) is 14.4 Å². The van der Waals surface area contributed by atoms with E-state index in [0.29, 0.717) is 24.0 Å². The fourth-order valence-electron chi connectivity index (χ4n) is 5.77. The van der Waals surface area contributed by atoms with Crippen LogP contribution in [0.15, 0.2) is 48.5 Å². The maximum atomic E-state index is 13.8. The van der Waals surface area contributed by atoms with E-state index in [4.69, 9.17) is 9.97 Å². The fraction of sp³-hybridized carbons (Fsp3) is 0.333. The summed E-state index contributed by atoms with van der Waals surface area (Å²) in [7, 11) is -1.56. The van der Waals surface area contributed by atoms with E-state index >= 15 is 0 Å². The second kappa shape index (κ2) is 9.22.